The molecule has 5 heteroatoms. The van der Waals surface area contributed by atoms with Crippen molar-refractivity contribution in [3.05, 3.63) is 36.4 Å². The maximum atomic E-state index is 5.99. The Morgan fingerprint density at radius 1 is 0.900 bits per heavy atom. The molecule has 0 aromatic heterocycles. The number of thioether (sulfide) groups is 1. The quantitative estimate of drug-likeness (QED) is 0.670. The molecule has 0 aliphatic carbocycles. The number of hydrogen-bond donors (Lipinski definition) is 1. The third-order valence-electron chi connectivity index (χ3n) is 2.80. The lowest BCUT2D eigenvalue weighted by Crippen LogP contribution is -1.97. The number of hydrogen-bond acceptors (Lipinski definition) is 5. The smallest absolute Gasteiger partial charge is 0.164 e. The largest absolute Gasteiger partial charge is 0.493 e. The van der Waals surface area contributed by atoms with Gasteiger partial charge in [0.15, 0.2) is 17.2 Å². The first kappa shape index (κ1) is 14.4. The van der Waals surface area contributed by atoms with E-state index in [-0.39, 0.29) is 0 Å². The van der Waals surface area contributed by atoms with E-state index in [9.17, 15) is 0 Å². The highest BCUT2D eigenvalue weighted by atomic mass is 32.2. The summed E-state index contributed by atoms with van der Waals surface area (Å²) in [6.45, 7) is 0. The summed E-state index contributed by atoms with van der Waals surface area (Å²) in [6, 6.07) is 11.2. The van der Waals surface area contributed by atoms with Gasteiger partial charge in [-0.25, -0.2) is 0 Å². The summed E-state index contributed by atoms with van der Waals surface area (Å²) in [6.07, 6.45) is 2.00. The van der Waals surface area contributed by atoms with Crippen molar-refractivity contribution in [1.29, 1.82) is 0 Å². The van der Waals surface area contributed by atoms with Crippen LogP contribution in [0.3, 0.4) is 0 Å². The number of nitrogen functional groups attached to an aromatic ring is 1. The molecule has 0 saturated carbocycles. The van der Waals surface area contributed by atoms with Crippen LogP contribution in [0.15, 0.2) is 41.3 Å². The van der Waals surface area contributed by atoms with Crippen LogP contribution < -0.4 is 19.9 Å². The van der Waals surface area contributed by atoms with Crippen molar-refractivity contribution in [2.75, 3.05) is 26.2 Å². The fourth-order valence-corrected chi connectivity index (χ4v) is 2.31. The van der Waals surface area contributed by atoms with Gasteiger partial charge in [-0.15, -0.1) is 11.8 Å². The number of ether oxygens (including phenoxy) is 3. The zero-order chi connectivity index (χ0) is 14.5. The van der Waals surface area contributed by atoms with Crippen LogP contribution in [0.25, 0.3) is 0 Å². The zero-order valence-corrected chi connectivity index (χ0v) is 12.5. The second kappa shape index (κ2) is 6.43. The van der Waals surface area contributed by atoms with Crippen molar-refractivity contribution in [3.63, 3.8) is 0 Å². The number of nitrogens with two attached hydrogens (primary N) is 1. The molecule has 2 aromatic rings. The van der Waals surface area contributed by atoms with E-state index in [0.717, 1.165) is 10.6 Å². The molecule has 2 N–H and O–H groups in total. The molecule has 0 amide bonds. The van der Waals surface area contributed by atoms with Gasteiger partial charge in [0, 0.05) is 17.0 Å². The molecular formula is C15H17NO3S. The van der Waals surface area contributed by atoms with Gasteiger partial charge in [-0.3, -0.25) is 0 Å². The first-order chi connectivity index (χ1) is 9.69. The van der Waals surface area contributed by atoms with Gasteiger partial charge in [-0.2, -0.15) is 0 Å². The van der Waals surface area contributed by atoms with Crippen molar-refractivity contribution in [2.45, 2.75) is 4.90 Å². The Morgan fingerprint density at radius 2 is 1.55 bits per heavy atom. The molecule has 0 spiro atoms. The summed E-state index contributed by atoms with van der Waals surface area (Å²) < 4.78 is 16.4. The van der Waals surface area contributed by atoms with E-state index in [2.05, 4.69) is 0 Å². The van der Waals surface area contributed by atoms with Gasteiger partial charge in [0.1, 0.15) is 5.75 Å². The highest BCUT2D eigenvalue weighted by Crippen LogP contribution is 2.40. The summed E-state index contributed by atoms with van der Waals surface area (Å²) in [7, 11) is 3.15. The number of anilines is 1. The molecule has 0 aliphatic heterocycles. The predicted octanol–water partition coefficient (Wildman–Crippen LogP) is 3.80. The standard InChI is InChI=1S/C15H17NO3S/c1-17-13-8-10(16)12(9-14(13)18-2)19-11-6-4-5-7-15(11)20-3/h4-9H,16H2,1-3H3. The summed E-state index contributed by atoms with van der Waals surface area (Å²) in [5.74, 6) is 2.47. The van der Waals surface area contributed by atoms with E-state index in [4.69, 9.17) is 19.9 Å². The lowest BCUT2D eigenvalue weighted by Gasteiger charge is -2.14. The Balaban J connectivity index is 2.38. The van der Waals surface area contributed by atoms with E-state index in [1.807, 2.05) is 30.5 Å². The average molecular weight is 291 g/mol. The molecule has 106 valence electrons. The third kappa shape index (κ3) is 2.93. The normalized spacial score (nSPS) is 10.2. The second-order valence-electron chi connectivity index (χ2n) is 4.00. The van der Waals surface area contributed by atoms with Gasteiger partial charge in [0.2, 0.25) is 0 Å². The average Bonchev–Trinajstić information content (AvgIpc) is 2.49. The van der Waals surface area contributed by atoms with Gasteiger partial charge in [-0.05, 0) is 18.4 Å². The number of para-hydroxylation sites is 1. The summed E-state index contributed by atoms with van der Waals surface area (Å²) in [4.78, 5) is 1.04. The van der Waals surface area contributed by atoms with Crippen molar-refractivity contribution < 1.29 is 14.2 Å². The number of methoxy groups -OCH3 is 2. The van der Waals surface area contributed by atoms with Crippen LogP contribution in [0, 0.1) is 0 Å². The minimum atomic E-state index is 0.499. The van der Waals surface area contributed by atoms with Crippen molar-refractivity contribution >= 4 is 17.4 Å². The van der Waals surface area contributed by atoms with Crippen LogP contribution in [-0.2, 0) is 0 Å². The number of benzene rings is 2. The van der Waals surface area contributed by atoms with E-state index >= 15 is 0 Å². The first-order valence-electron chi connectivity index (χ1n) is 6.02. The minimum Gasteiger partial charge on any atom is -0.493 e. The second-order valence-corrected chi connectivity index (χ2v) is 4.85. The summed E-state index contributed by atoms with van der Waals surface area (Å²) in [5, 5.41) is 0. The van der Waals surface area contributed by atoms with E-state index in [1.165, 1.54) is 0 Å². The predicted molar refractivity (Wildman–Crippen MR) is 82.3 cm³/mol. The van der Waals surface area contributed by atoms with Gasteiger partial charge in [-0.1, -0.05) is 12.1 Å². The molecule has 4 nitrogen and oxygen atoms in total. The number of rotatable bonds is 5. The highest BCUT2D eigenvalue weighted by Gasteiger charge is 2.12. The monoisotopic (exact) mass is 291 g/mol. The fraction of sp³-hybridized carbons (Fsp3) is 0.200. The molecule has 0 fully saturated rings. The summed E-state index contributed by atoms with van der Waals surface area (Å²) >= 11 is 1.62. The van der Waals surface area contributed by atoms with Crippen LogP contribution in [0.5, 0.6) is 23.0 Å². The zero-order valence-electron chi connectivity index (χ0n) is 11.7. The molecule has 2 rings (SSSR count). The molecule has 0 saturated heterocycles. The van der Waals surface area contributed by atoms with E-state index < -0.39 is 0 Å². The summed E-state index contributed by atoms with van der Waals surface area (Å²) in [5.41, 5.74) is 6.49. The molecule has 0 radical (unpaired) electrons. The Hall–Kier alpha value is -2.01. The molecule has 0 aliphatic rings. The van der Waals surface area contributed by atoms with Crippen molar-refractivity contribution in [2.24, 2.45) is 0 Å². The molecule has 0 atom stereocenters. The van der Waals surface area contributed by atoms with E-state index in [1.54, 1.807) is 38.1 Å². The topological polar surface area (TPSA) is 53.7 Å². The van der Waals surface area contributed by atoms with Crippen molar-refractivity contribution in [1.82, 2.24) is 0 Å². The Morgan fingerprint density at radius 3 is 2.20 bits per heavy atom. The van der Waals surface area contributed by atoms with Gasteiger partial charge >= 0.3 is 0 Å². The SMILES string of the molecule is COc1cc(N)c(Oc2ccccc2SC)cc1OC. The Bertz CT molecular complexity index is 602. The molecule has 2 aromatic carbocycles. The van der Waals surface area contributed by atoms with Gasteiger partial charge in [0.05, 0.1) is 19.9 Å². The molecule has 20 heavy (non-hydrogen) atoms. The van der Waals surface area contributed by atoms with Gasteiger partial charge in [0.25, 0.3) is 0 Å². The highest BCUT2D eigenvalue weighted by molar-refractivity contribution is 7.98. The van der Waals surface area contributed by atoms with Crippen LogP contribution in [0.1, 0.15) is 0 Å². The maximum absolute atomic E-state index is 5.99. The maximum Gasteiger partial charge on any atom is 0.164 e. The van der Waals surface area contributed by atoms with Crippen molar-refractivity contribution in [3.8, 4) is 23.0 Å². The minimum absolute atomic E-state index is 0.499. The lowest BCUT2D eigenvalue weighted by molar-refractivity contribution is 0.352. The van der Waals surface area contributed by atoms with Crippen LogP contribution in [0.4, 0.5) is 5.69 Å². The van der Waals surface area contributed by atoms with Crippen LogP contribution in [-0.4, -0.2) is 20.5 Å². The fourth-order valence-electron chi connectivity index (χ4n) is 1.79. The molecular weight excluding hydrogens is 274 g/mol. The molecule has 0 bridgehead atoms. The Kier molecular flexibility index (Phi) is 4.63. The third-order valence-corrected chi connectivity index (χ3v) is 3.58. The first-order valence-corrected chi connectivity index (χ1v) is 7.24. The van der Waals surface area contributed by atoms with E-state index in [0.29, 0.717) is 22.9 Å². The van der Waals surface area contributed by atoms with Crippen LogP contribution in [0.2, 0.25) is 0 Å². The lowest BCUT2D eigenvalue weighted by atomic mass is 10.2. The van der Waals surface area contributed by atoms with Crippen LogP contribution >= 0.6 is 11.8 Å². The molecule has 0 unspecified atom stereocenters. The van der Waals surface area contributed by atoms with Gasteiger partial charge < -0.3 is 19.9 Å². The Labute approximate surface area is 122 Å². The molecule has 0 heterocycles.